The van der Waals surface area contributed by atoms with E-state index in [0.717, 1.165) is 11.1 Å². The van der Waals surface area contributed by atoms with Crippen LogP contribution in [0.3, 0.4) is 0 Å². The second-order valence-electron chi connectivity index (χ2n) is 6.09. The number of rotatable bonds is 7. The van der Waals surface area contributed by atoms with Gasteiger partial charge in [-0.3, -0.25) is 4.79 Å². The van der Waals surface area contributed by atoms with Crippen molar-refractivity contribution in [1.29, 1.82) is 0 Å². The van der Waals surface area contributed by atoms with Crippen LogP contribution in [0.25, 0.3) is 11.3 Å². The van der Waals surface area contributed by atoms with Crippen molar-refractivity contribution in [2.24, 2.45) is 0 Å². The molecule has 6 nitrogen and oxygen atoms in total. The number of hydrogen-bond acceptors (Lipinski definition) is 5. The first-order valence-corrected chi connectivity index (χ1v) is 8.94. The SMILES string of the molecule is COc1ccc(-c2ccc(CO)o2)cc1NC(=O)COc1ccc(Cl)cc1C. The van der Waals surface area contributed by atoms with Gasteiger partial charge in [0, 0.05) is 10.6 Å². The number of benzene rings is 2. The van der Waals surface area contributed by atoms with Crippen molar-refractivity contribution in [3.63, 3.8) is 0 Å². The minimum Gasteiger partial charge on any atom is -0.495 e. The van der Waals surface area contributed by atoms with Gasteiger partial charge in [-0.25, -0.2) is 0 Å². The zero-order valence-corrected chi connectivity index (χ0v) is 16.2. The molecule has 146 valence electrons. The predicted octanol–water partition coefficient (Wildman–Crippen LogP) is 4.43. The van der Waals surface area contributed by atoms with Crippen LogP contribution in [0, 0.1) is 6.92 Å². The van der Waals surface area contributed by atoms with Gasteiger partial charge in [-0.15, -0.1) is 0 Å². The Morgan fingerprint density at radius 2 is 1.93 bits per heavy atom. The number of aryl methyl sites for hydroxylation is 1. The molecule has 1 aromatic heterocycles. The average molecular weight is 402 g/mol. The summed E-state index contributed by atoms with van der Waals surface area (Å²) in [6.45, 7) is 1.52. The van der Waals surface area contributed by atoms with Crippen LogP contribution in [0.15, 0.2) is 52.9 Å². The molecule has 0 unspecified atom stereocenters. The maximum absolute atomic E-state index is 12.4. The molecule has 0 saturated heterocycles. The number of ether oxygens (including phenoxy) is 2. The number of furan rings is 1. The average Bonchev–Trinajstić information content (AvgIpc) is 3.16. The monoisotopic (exact) mass is 401 g/mol. The molecule has 0 saturated carbocycles. The van der Waals surface area contributed by atoms with E-state index in [1.165, 1.54) is 7.11 Å². The predicted molar refractivity (Wildman–Crippen MR) is 107 cm³/mol. The summed E-state index contributed by atoms with van der Waals surface area (Å²) in [7, 11) is 1.52. The molecule has 3 rings (SSSR count). The number of anilines is 1. The second-order valence-corrected chi connectivity index (χ2v) is 6.52. The lowest BCUT2D eigenvalue weighted by atomic mass is 10.1. The first-order chi connectivity index (χ1) is 13.5. The molecule has 2 N–H and O–H groups in total. The van der Waals surface area contributed by atoms with Gasteiger partial charge in [0.25, 0.3) is 5.91 Å². The third-order valence-corrected chi connectivity index (χ3v) is 4.31. The number of aliphatic hydroxyl groups excluding tert-OH is 1. The summed E-state index contributed by atoms with van der Waals surface area (Å²) in [4.78, 5) is 12.4. The quantitative estimate of drug-likeness (QED) is 0.612. The summed E-state index contributed by atoms with van der Waals surface area (Å²) in [6, 6.07) is 13.9. The van der Waals surface area contributed by atoms with Crippen LogP contribution in [0.5, 0.6) is 11.5 Å². The van der Waals surface area contributed by atoms with Gasteiger partial charge >= 0.3 is 0 Å². The van der Waals surface area contributed by atoms with Gasteiger partial charge in [-0.2, -0.15) is 0 Å². The standard InChI is InChI=1S/C21H20ClNO5/c1-13-9-15(22)4-7-18(13)27-12-21(25)23-17-10-14(3-6-20(17)26-2)19-8-5-16(11-24)28-19/h3-10,24H,11-12H2,1-2H3,(H,23,25). The van der Waals surface area contributed by atoms with E-state index in [2.05, 4.69) is 5.32 Å². The van der Waals surface area contributed by atoms with E-state index in [9.17, 15) is 4.79 Å². The first kappa shape index (κ1) is 19.8. The molecule has 0 aliphatic carbocycles. The lowest BCUT2D eigenvalue weighted by molar-refractivity contribution is -0.118. The molecule has 1 heterocycles. The Labute approximate surface area is 167 Å². The van der Waals surface area contributed by atoms with Crippen LogP contribution < -0.4 is 14.8 Å². The summed E-state index contributed by atoms with van der Waals surface area (Å²) in [5.74, 6) is 1.81. The Morgan fingerprint density at radius 3 is 2.61 bits per heavy atom. The van der Waals surface area contributed by atoms with Crippen LogP contribution >= 0.6 is 11.6 Å². The van der Waals surface area contributed by atoms with E-state index in [-0.39, 0.29) is 19.1 Å². The number of carbonyl (C=O) groups is 1. The van der Waals surface area contributed by atoms with Gasteiger partial charge in [0.1, 0.15) is 29.6 Å². The van der Waals surface area contributed by atoms with Crippen LogP contribution in [0.1, 0.15) is 11.3 Å². The van der Waals surface area contributed by atoms with Crippen LogP contribution in [-0.4, -0.2) is 24.7 Å². The largest absolute Gasteiger partial charge is 0.495 e. The number of amides is 1. The highest BCUT2D eigenvalue weighted by Crippen LogP contribution is 2.31. The molecular weight excluding hydrogens is 382 g/mol. The normalized spacial score (nSPS) is 10.6. The van der Waals surface area contributed by atoms with E-state index < -0.39 is 0 Å². The summed E-state index contributed by atoms with van der Waals surface area (Å²) in [6.07, 6.45) is 0. The zero-order valence-electron chi connectivity index (χ0n) is 15.5. The fourth-order valence-electron chi connectivity index (χ4n) is 2.68. The summed E-state index contributed by atoms with van der Waals surface area (Å²) in [5, 5.41) is 12.5. The molecule has 0 radical (unpaired) electrons. The highest BCUT2D eigenvalue weighted by atomic mass is 35.5. The molecule has 1 amide bonds. The van der Waals surface area contributed by atoms with Gasteiger partial charge in [-0.1, -0.05) is 11.6 Å². The topological polar surface area (TPSA) is 80.9 Å². The highest BCUT2D eigenvalue weighted by molar-refractivity contribution is 6.30. The molecule has 28 heavy (non-hydrogen) atoms. The van der Waals surface area contributed by atoms with E-state index >= 15 is 0 Å². The molecule has 0 fully saturated rings. The molecule has 0 aliphatic heterocycles. The number of aliphatic hydroxyl groups is 1. The van der Waals surface area contributed by atoms with Gasteiger partial charge in [0.2, 0.25) is 0 Å². The van der Waals surface area contributed by atoms with Gasteiger partial charge in [-0.05, 0) is 61.0 Å². The number of nitrogens with one attached hydrogen (secondary N) is 1. The van der Waals surface area contributed by atoms with Crippen molar-refractivity contribution in [3.05, 3.63) is 64.9 Å². The van der Waals surface area contributed by atoms with E-state index in [1.54, 1.807) is 42.5 Å². The maximum Gasteiger partial charge on any atom is 0.262 e. The highest BCUT2D eigenvalue weighted by Gasteiger charge is 2.13. The van der Waals surface area contributed by atoms with Crippen molar-refractivity contribution in [1.82, 2.24) is 0 Å². The molecule has 0 spiro atoms. The number of hydrogen-bond donors (Lipinski definition) is 2. The third kappa shape index (κ3) is 4.65. The number of halogens is 1. The summed E-state index contributed by atoms with van der Waals surface area (Å²) < 4.78 is 16.4. The Kier molecular flexibility index (Phi) is 6.23. The van der Waals surface area contributed by atoms with Gasteiger partial charge in [0.05, 0.1) is 12.8 Å². The van der Waals surface area contributed by atoms with Crippen molar-refractivity contribution in [2.45, 2.75) is 13.5 Å². The van der Waals surface area contributed by atoms with E-state index in [0.29, 0.717) is 33.7 Å². The second kappa shape index (κ2) is 8.82. The Hall–Kier alpha value is -2.96. The molecule has 3 aromatic rings. The fraction of sp³-hybridized carbons (Fsp3) is 0.190. The van der Waals surface area contributed by atoms with Gasteiger partial charge < -0.3 is 24.3 Å². The molecule has 0 bridgehead atoms. The maximum atomic E-state index is 12.4. The fourth-order valence-corrected chi connectivity index (χ4v) is 2.91. The Bertz CT molecular complexity index is 983. The van der Waals surface area contributed by atoms with Crippen molar-refractivity contribution < 1.29 is 23.8 Å². The van der Waals surface area contributed by atoms with Crippen LogP contribution in [0.4, 0.5) is 5.69 Å². The molecule has 0 aliphatic rings. The first-order valence-electron chi connectivity index (χ1n) is 8.57. The molecular formula is C21H20ClNO5. The van der Waals surface area contributed by atoms with Crippen LogP contribution in [-0.2, 0) is 11.4 Å². The summed E-state index contributed by atoms with van der Waals surface area (Å²) >= 11 is 5.93. The third-order valence-electron chi connectivity index (χ3n) is 4.07. The molecule has 7 heteroatoms. The lowest BCUT2D eigenvalue weighted by Crippen LogP contribution is -2.20. The smallest absolute Gasteiger partial charge is 0.262 e. The van der Waals surface area contributed by atoms with Crippen molar-refractivity contribution in [2.75, 3.05) is 19.0 Å². The number of carbonyl (C=O) groups excluding carboxylic acids is 1. The minimum absolute atomic E-state index is 0.161. The molecule has 2 aromatic carbocycles. The Balaban J connectivity index is 1.72. The minimum atomic E-state index is -0.333. The lowest BCUT2D eigenvalue weighted by Gasteiger charge is -2.13. The van der Waals surface area contributed by atoms with Crippen molar-refractivity contribution in [3.8, 4) is 22.8 Å². The van der Waals surface area contributed by atoms with E-state index in [4.69, 9.17) is 30.6 Å². The van der Waals surface area contributed by atoms with Crippen molar-refractivity contribution >= 4 is 23.2 Å². The molecule has 0 atom stereocenters. The van der Waals surface area contributed by atoms with Gasteiger partial charge in [0.15, 0.2) is 6.61 Å². The Morgan fingerprint density at radius 1 is 1.14 bits per heavy atom. The van der Waals surface area contributed by atoms with Crippen LogP contribution in [0.2, 0.25) is 5.02 Å². The van der Waals surface area contributed by atoms with E-state index in [1.807, 2.05) is 13.0 Å². The number of methoxy groups -OCH3 is 1. The summed E-state index contributed by atoms with van der Waals surface area (Å²) in [5.41, 5.74) is 2.08. The zero-order chi connectivity index (χ0) is 20.1.